The van der Waals surface area contributed by atoms with E-state index >= 15 is 0 Å². The van der Waals surface area contributed by atoms with Gasteiger partial charge in [0.1, 0.15) is 0 Å². The van der Waals surface area contributed by atoms with Crippen molar-refractivity contribution in [3.8, 4) is 0 Å². The molecule has 0 aromatic heterocycles. The van der Waals surface area contributed by atoms with Gasteiger partial charge in [-0.2, -0.15) is 0 Å². The molecule has 0 aliphatic heterocycles. The number of hydrogen-bond acceptors (Lipinski definition) is 0. The topological polar surface area (TPSA) is 0 Å². The van der Waals surface area contributed by atoms with Gasteiger partial charge in [0.2, 0.25) is 0 Å². The zero-order valence-corrected chi connectivity index (χ0v) is 8.99. The largest absolute Gasteiger partial charge is 0 e. The molecule has 35 valence electrons. The molecule has 0 aromatic carbocycles. The Morgan fingerprint density at radius 3 is 1.00 bits per heavy atom. The van der Waals surface area contributed by atoms with Gasteiger partial charge in [-0.25, -0.2) is 0 Å². The second-order valence-electron chi connectivity index (χ2n) is 0. The average molecular weight is 449 g/mol. The molecule has 5 heavy (non-hydrogen) atoms. The van der Waals surface area contributed by atoms with Crippen LogP contribution >= 0.6 is 0 Å². The van der Waals surface area contributed by atoms with Gasteiger partial charge in [-0.1, -0.05) is 0 Å². The van der Waals surface area contributed by atoms with E-state index in [9.17, 15) is 0 Å². The van der Waals surface area contributed by atoms with Crippen LogP contribution in [-0.2, 0) is 78.4 Å². The van der Waals surface area contributed by atoms with Gasteiger partial charge in [-0.05, 0) is 0 Å². The Morgan fingerprint density at radius 2 is 1.00 bits per heavy atom. The molecule has 0 atom stereocenters. The third-order valence-electron chi connectivity index (χ3n) is 0. The Bertz CT molecular complexity index is 11.6. The first kappa shape index (κ1) is 40.0. The molecule has 0 aliphatic rings. The molecule has 3 radical (unpaired) electrons. The summed E-state index contributed by atoms with van der Waals surface area (Å²) in [5.74, 6) is 0. The van der Waals surface area contributed by atoms with Gasteiger partial charge in [0.25, 0.3) is 0 Å². The molecule has 0 heterocycles. The summed E-state index contributed by atoms with van der Waals surface area (Å²) in [6, 6.07) is 0. The van der Waals surface area contributed by atoms with Crippen LogP contribution in [0, 0.1) is 0 Å². The Balaban J connectivity index is 0. The first-order chi connectivity index (χ1) is 0. The maximum absolute atomic E-state index is 0. The maximum Gasteiger partial charge on any atom is 0 e. The van der Waals surface area contributed by atoms with Crippen molar-refractivity contribution in [1.29, 1.82) is 0 Å². The summed E-state index contributed by atoms with van der Waals surface area (Å²) < 4.78 is 0. The van der Waals surface area contributed by atoms with Gasteiger partial charge in [0.15, 0.2) is 0 Å². The Kier molecular flexibility index (Phi) is 210. The molecular weight excluding hydrogens is 446 g/mol. The van der Waals surface area contributed by atoms with Gasteiger partial charge in [-0.3, -0.25) is 0 Å². The molecule has 0 aromatic rings. The minimum absolute atomic E-state index is 0. The molecule has 0 spiro atoms. The molecule has 0 N–H and O–H groups in total. The van der Waals surface area contributed by atoms with E-state index in [2.05, 4.69) is 0 Å². The zero-order chi connectivity index (χ0) is 0. The molecule has 0 unspecified atom stereocenters. The fourth-order valence-corrected chi connectivity index (χ4v) is 0. The normalized spacial score (nSPS) is 0. The van der Waals surface area contributed by atoms with Crippen LogP contribution in [0.25, 0.3) is 0 Å². The average Bonchev–Trinajstić information content (AvgIpc) is 0. The first-order valence-electron chi connectivity index (χ1n) is 0. The predicted molar refractivity (Wildman–Crippen MR) is 9.94 cm³/mol. The SMILES string of the molecule is [Ag].[InH3].[Mn].[Rh].[Zn]. The summed E-state index contributed by atoms with van der Waals surface area (Å²) in [6.45, 7) is 0. The van der Waals surface area contributed by atoms with Crippen LogP contribution in [0.5, 0.6) is 0 Å². The van der Waals surface area contributed by atoms with Crippen LogP contribution in [0.1, 0.15) is 0 Å². The molecule has 0 bridgehead atoms. The van der Waals surface area contributed by atoms with E-state index in [1.807, 2.05) is 0 Å². The monoisotopic (exact) mass is 447 g/mol. The maximum atomic E-state index is 0. The summed E-state index contributed by atoms with van der Waals surface area (Å²) in [5, 5.41) is 0. The number of rotatable bonds is 0. The standard InChI is InChI=1S/Ag.In.Mn.Rh.Zn.3H. The minimum atomic E-state index is 0. The quantitative estimate of drug-likeness (QED) is 0.409. The molecule has 0 saturated carbocycles. The minimum Gasteiger partial charge on any atom is 0 e. The van der Waals surface area contributed by atoms with Crippen LogP contribution in [0.4, 0.5) is 0 Å². The molecular formula is H3AgInMnRhZn. The summed E-state index contributed by atoms with van der Waals surface area (Å²) in [5.41, 5.74) is 0. The Hall–Kier alpha value is 3.38. The molecule has 5 heteroatoms. The fraction of sp³-hybridized carbons (Fsp3) is 0. The summed E-state index contributed by atoms with van der Waals surface area (Å²) in [7, 11) is 0. The second-order valence-corrected chi connectivity index (χ2v) is 0. The van der Waals surface area contributed by atoms with Crippen molar-refractivity contribution in [2.75, 3.05) is 0 Å². The van der Waals surface area contributed by atoms with Crippen molar-refractivity contribution in [3.63, 3.8) is 0 Å². The smallest absolute Gasteiger partial charge is 0 e. The van der Waals surface area contributed by atoms with Crippen molar-refractivity contribution >= 4 is 25.8 Å². The van der Waals surface area contributed by atoms with E-state index in [0.29, 0.717) is 0 Å². The zero-order valence-electron chi connectivity index (χ0n) is 1.72. The van der Waals surface area contributed by atoms with Crippen LogP contribution in [-0.4, -0.2) is 25.8 Å². The molecule has 0 rings (SSSR count). The van der Waals surface area contributed by atoms with E-state index in [1.54, 1.807) is 0 Å². The third kappa shape index (κ3) is 18.7. The summed E-state index contributed by atoms with van der Waals surface area (Å²) in [6.07, 6.45) is 0. The van der Waals surface area contributed by atoms with Gasteiger partial charge in [0, 0.05) is 78.4 Å². The van der Waals surface area contributed by atoms with Crippen molar-refractivity contribution in [3.05, 3.63) is 0 Å². The van der Waals surface area contributed by atoms with Gasteiger partial charge in [-0.15, -0.1) is 0 Å². The van der Waals surface area contributed by atoms with Crippen LogP contribution in [0.15, 0.2) is 0 Å². The third-order valence-corrected chi connectivity index (χ3v) is 0. The molecule has 0 amide bonds. The van der Waals surface area contributed by atoms with E-state index < -0.39 is 0 Å². The second kappa shape index (κ2) is 26.3. The van der Waals surface area contributed by atoms with Crippen molar-refractivity contribution < 1.29 is 78.4 Å². The van der Waals surface area contributed by atoms with Crippen LogP contribution in [0.2, 0.25) is 0 Å². The van der Waals surface area contributed by atoms with Crippen molar-refractivity contribution in [1.82, 2.24) is 0 Å². The summed E-state index contributed by atoms with van der Waals surface area (Å²) in [4.78, 5) is 0. The predicted octanol–water partition coefficient (Wildman–Crippen LogP) is -1.19. The molecule has 0 fully saturated rings. The molecule has 0 nitrogen and oxygen atoms in total. The molecule has 0 aliphatic carbocycles. The van der Waals surface area contributed by atoms with Crippen molar-refractivity contribution in [2.45, 2.75) is 0 Å². The molecule has 0 saturated heterocycles. The van der Waals surface area contributed by atoms with Crippen LogP contribution in [0.3, 0.4) is 0 Å². The van der Waals surface area contributed by atoms with E-state index in [4.69, 9.17) is 0 Å². The number of hydrogen-bond donors (Lipinski definition) is 0. The first-order valence-corrected chi connectivity index (χ1v) is 0. The van der Waals surface area contributed by atoms with Crippen LogP contribution < -0.4 is 0 Å². The summed E-state index contributed by atoms with van der Waals surface area (Å²) >= 11 is 0. The Labute approximate surface area is 102 Å². The van der Waals surface area contributed by atoms with E-state index in [-0.39, 0.29) is 104 Å². The van der Waals surface area contributed by atoms with E-state index in [0.717, 1.165) is 0 Å². The fourth-order valence-electron chi connectivity index (χ4n) is 0. The van der Waals surface area contributed by atoms with Gasteiger partial charge >= 0.3 is 25.8 Å². The Morgan fingerprint density at radius 1 is 1.00 bits per heavy atom. The van der Waals surface area contributed by atoms with Crippen molar-refractivity contribution in [2.24, 2.45) is 0 Å². The van der Waals surface area contributed by atoms with Gasteiger partial charge in [0.05, 0.1) is 0 Å². The van der Waals surface area contributed by atoms with Gasteiger partial charge < -0.3 is 0 Å². The van der Waals surface area contributed by atoms with E-state index in [1.165, 1.54) is 0 Å².